The van der Waals surface area contributed by atoms with E-state index in [1.807, 2.05) is 30.3 Å². The van der Waals surface area contributed by atoms with Gasteiger partial charge >= 0.3 is 11.9 Å². The van der Waals surface area contributed by atoms with Crippen LogP contribution in [0.4, 0.5) is 0 Å². The van der Waals surface area contributed by atoms with Crippen LogP contribution in [0.2, 0.25) is 0 Å². The summed E-state index contributed by atoms with van der Waals surface area (Å²) in [6, 6.07) is 11.0. The maximum Gasteiger partial charge on any atom is 0.318 e. The van der Waals surface area contributed by atoms with Crippen molar-refractivity contribution in [1.29, 1.82) is 0 Å². The number of carbonyl (C=O) groups is 2. The second-order valence-corrected chi connectivity index (χ2v) is 4.40. The molecule has 5 nitrogen and oxygen atoms in total. The number of aliphatic carboxylic acids is 2. The van der Waals surface area contributed by atoms with Crippen molar-refractivity contribution < 1.29 is 24.5 Å². The van der Waals surface area contributed by atoms with Crippen LogP contribution in [0.15, 0.2) is 36.4 Å². The number of methoxy groups -OCH3 is 1. The van der Waals surface area contributed by atoms with Gasteiger partial charge in [0.2, 0.25) is 0 Å². The van der Waals surface area contributed by atoms with Crippen molar-refractivity contribution >= 4 is 22.7 Å². The molecule has 0 atom stereocenters. The summed E-state index contributed by atoms with van der Waals surface area (Å²) >= 11 is 0. The lowest BCUT2D eigenvalue weighted by molar-refractivity contribution is -0.154. The summed E-state index contributed by atoms with van der Waals surface area (Å²) in [5, 5.41) is 19.8. The third-order valence-corrected chi connectivity index (χ3v) is 3.22. The summed E-state index contributed by atoms with van der Waals surface area (Å²) < 4.78 is 5.23. The summed E-state index contributed by atoms with van der Waals surface area (Å²) in [7, 11) is 1.48. The average molecular weight is 274 g/mol. The van der Waals surface area contributed by atoms with Gasteiger partial charge < -0.3 is 14.9 Å². The van der Waals surface area contributed by atoms with E-state index in [1.54, 1.807) is 6.07 Å². The van der Waals surface area contributed by atoms with Crippen molar-refractivity contribution in [1.82, 2.24) is 0 Å². The van der Waals surface area contributed by atoms with Crippen molar-refractivity contribution in [2.45, 2.75) is 6.42 Å². The number of carboxylic acids is 2. The van der Waals surface area contributed by atoms with E-state index in [0.29, 0.717) is 11.3 Å². The van der Waals surface area contributed by atoms with Gasteiger partial charge in [-0.05, 0) is 16.8 Å². The minimum absolute atomic E-state index is 0.116. The van der Waals surface area contributed by atoms with E-state index >= 15 is 0 Å². The number of rotatable bonds is 5. The van der Waals surface area contributed by atoms with E-state index in [0.717, 1.165) is 10.8 Å². The predicted octanol–water partition coefficient (Wildman–Crippen LogP) is 2.18. The summed E-state index contributed by atoms with van der Waals surface area (Å²) in [6.45, 7) is 0. The lowest BCUT2D eigenvalue weighted by atomic mass is 9.94. The van der Waals surface area contributed by atoms with Crippen LogP contribution in [0.25, 0.3) is 10.8 Å². The van der Waals surface area contributed by atoms with Gasteiger partial charge in [0.1, 0.15) is 5.75 Å². The van der Waals surface area contributed by atoms with Crippen LogP contribution in [-0.2, 0) is 16.0 Å². The number of benzene rings is 2. The molecule has 0 aromatic heterocycles. The Morgan fingerprint density at radius 2 is 1.75 bits per heavy atom. The third kappa shape index (κ3) is 2.56. The first-order valence-corrected chi connectivity index (χ1v) is 6.05. The summed E-state index contributed by atoms with van der Waals surface area (Å²) in [4.78, 5) is 22.1. The molecule has 0 saturated heterocycles. The van der Waals surface area contributed by atoms with E-state index in [9.17, 15) is 9.59 Å². The molecule has 0 amide bonds. The molecular weight excluding hydrogens is 260 g/mol. The fourth-order valence-electron chi connectivity index (χ4n) is 2.20. The molecule has 20 heavy (non-hydrogen) atoms. The molecule has 0 aliphatic rings. The molecule has 2 aromatic rings. The highest BCUT2D eigenvalue weighted by atomic mass is 16.5. The molecule has 2 aromatic carbocycles. The molecule has 0 fully saturated rings. The third-order valence-electron chi connectivity index (χ3n) is 3.22. The second-order valence-electron chi connectivity index (χ2n) is 4.40. The first kappa shape index (κ1) is 13.9. The van der Waals surface area contributed by atoms with Crippen LogP contribution in [0, 0.1) is 5.92 Å². The standard InChI is InChI=1S/C15H14O5/c1-20-13-7-6-9-4-2-3-5-10(9)11(13)8-12(14(16)17)15(18)19/h2-7,12H,8H2,1H3,(H,16,17)(H,18,19). The first-order chi connectivity index (χ1) is 9.54. The number of carboxylic acid groups (broad SMARTS) is 2. The summed E-state index contributed by atoms with van der Waals surface area (Å²) in [6.07, 6.45) is -0.116. The smallest absolute Gasteiger partial charge is 0.318 e. The molecule has 0 heterocycles. The first-order valence-electron chi connectivity index (χ1n) is 6.05. The number of fused-ring (bicyclic) bond motifs is 1. The Balaban J connectivity index is 2.56. The maximum absolute atomic E-state index is 11.1. The zero-order chi connectivity index (χ0) is 14.7. The van der Waals surface area contributed by atoms with Crippen LogP contribution < -0.4 is 4.74 Å². The van der Waals surface area contributed by atoms with Gasteiger partial charge in [0.15, 0.2) is 5.92 Å². The van der Waals surface area contributed by atoms with Gasteiger partial charge in [-0.1, -0.05) is 30.3 Å². The summed E-state index contributed by atoms with van der Waals surface area (Å²) in [5.74, 6) is -3.70. The maximum atomic E-state index is 11.1. The van der Waals surface area contributed by atoms with Gasteiger partial charge in [0.25, 0.3) is 0 Å². The van der Waals surface area contributed by atoms with Gasteiger partial charge in [-0.25, -0.2) is 0 Å². The predicted molar refractivity (Wildman–Crippen MR) is 73.0 cm³/mol. The second kappa shape index (κ2) is 5.61. The Morgan fingerprint density at radius 3 is 2.35 bits per heavy atom. The highest BCUT2D eigenvalue weighted by molar-refractivity contribution is 5.95. The highest BCUT2D eigenvalue weighted by Gasteiger charge is 2.28. The molecule has 0 bridgehead atoms. The fraction of sp³-hybridized carbons (Fsp3) is 0.200. The van der Waals surface area contributed by atoms with Crippen molar-refractivity contribution in [3.05, 3.63) is 42.0 Å². The van der Waals surface area contributed by atoms with Crippen LogP contribution in [0.1, 0.15) is 5.56 Å². The zero-order valence-corrected chi connectivity index (χ0v) is 10.9. The highest BCUT2D eigenvalue weighted by Crippen LogP contribution is 2.30. The van der Waals surface area contributed by atoms with Gasteiger partial charge in [-0.2, -0.15) is 0 Å². The van der Waals surface area contributed by atoms with Crippen molar-refractivity contribution in [3.8, 4) is 5.75 Å². The van der Waals surface area contributed by atoms with E-state index in [1.165, 1.54) is 7.11 Å². The van der Waals surface area contributed by atoms with Crippen LogP contribution in [0.3, 0.4) is 0 Å². The number of hydrogen-bond acceptors (Lipinski definition) is 3. The average Bonchev–Trinajstić information content (AvgIpc) is 2.43. The molecule has 0 radical (unpaired) electrons. The molecule has 0 unspecified atom stereocenters. The Morgan fingerprint density at radius 1 is 1.10 bits per heavy atom. The lowest BCUT2D eigenvalue weighted by Crippen LogP contribution is -2.25. The monoisotopic (exact) mass is 274 g/mol. The molecule has 5 heteroatoms. The van der Waals surface area contributed by atoms with Gasteiger partial charge in [-0.15, -0.1) is 0 Å². The Labute approximate surface area is 115 Å². The van der Waals surface area contributed by atoms with Crippen LogP contribution >= 0.6 is 0 Å². The Kier molecular flexibility index (Phi) is 3.89. The quantitative estimate of drug-likeness (QED) is 0.816. The molecule has 0 aliphatic heterocycles. The molecule has 2 N–H and O–H groups in total. The van der Waals surface area contributed by atoms with E-state index in [-0.39, 0.29) is 6.42 Å². The van der Waals surface area contributed by atoms with E-state index < -0.39 is 17.9 Å². The van der Waals surface area contributed by atoms with Crippen molar-refractivity contribution in [2.75, 3.05) is 7.11 Å². The Hall–Kier alpha value is -2.56. The molecule has 2 rings (SSSR count). The Bertz CT molecular complexity index is 648. The minimum Gasteiger partial charge on any atom is -0.496 e. The molecule has 104 valence electrons. The fourth-order valence-corrected chi connectivity index (χ4v) is 2.20. The van der Waals surface area contributed by atoms with Crippen LogP contribution in [0.5, 0.6) is 5.75 Å². The van der Waals surface area contributed by atoms with E-state index in [4.69, 9.17) is 14.9 Å². The molecular formula is C15H14O5. The SMILES string of the molecule is COc1ccc2ccccc2c1CC(C(=O)O)C(=O)O. The molecule has 0 spiro atoms. The minimum atomic E-state index is -1.49. The lowest BCUT2D eigenvalue weighted by Gasteiger charge is -2.14. The van der Waals surface area contributed by atoms with Gasteiger partial charge in [0, 0.05) is 12.0 Å². The largest absolute Gasteiger partial charge is 0.496 e. The van der Waals surface area contributed by atoms with Crippen molar-refractivity contribution in [3.63, 3.8) is 0 Å². The number of hydrogen-bond donors (Lipinski definition) is 2. The van der Waals surface area contributed by atoms with E-state index in [2.05, 4.69) is 0 Å². The topological polar surface area (TPSA) is 83.8 Å². The van der Waals surface area contributed by atoms with Crippen LogP contribution in [-0.4, -0.2) is 29.3 Å². The normalized spacial score (nSPS) is 10.7. The zero-order valence-electron chi connectivity index (χ0n) is 10.9. The van der Waals surface area contributed by atoms with Gasteiger partial charge in [0.05, 0.1) is 7.11 Å². The molecule has 0 saturated carbocycles. The summed E-state index contributed by atoms with van der Waals surface area (Å²) in [5.41, 5.74) is 0.598. The van der Waals surface area contributed by atoms with Crippen molar-refractivity contribution in [2.24, 2.45) is 5.92 Å². The molecule has 0 aliphatic carbocycles. The van der Waals surface area contributed by atoms with Gasteiger partial charge in [-0.3, -0.25) is 9.59 Å². The number of ether oxygens (including phenoxy) is 1.